The van der Waals surface area contributed by atoms with Gasteiger partial charge < -0.3 is 14.5 Å². The highest BCUT2D eigenvalue weighted by Gasteiger charge is 2.39. The number of rotatable bonds is 3. The zero-order valence-corrected chi connectivity index (χ0v) is 18.6. The average molecular weight is 434 g/mol. The summed E-state index contributed by atoms with van der Waals surface area (Å²) in [6.07, 6.45) is 1.97. The van der Waals surface area contributed by atoms with Crippen molar-refractivity contribution in [2.75, 3.05) is 11.5 Å². The summed E-state index contributed by atoms with van der Waals surface area (Å²) >= 11 is 0. The molecule has 1 saturated heterocycles. The molecule has 0 aliphatic carbocycles. The molecule has 1 fully saturated rings. The fourth-order valence-electron chi connectivity index (χ4n) is 4.39. The fraction of sp³-hybridized carbons (Fsp3) is 0.545. The SMILES string of the molecule is Cc1c(CC(=O)NC2(C)CCS(=O)(=O)C2)c(=O)oc2cc3c(cc12)CCC(C)(C)O3. The van der Waals surface area contributed by atoms with Gasteiger partial charge in [0.1, 0.15) is 16.9 Å². The summed E-state index contributed by atoms with van der Waals surface area (Å²) in [4.78, 5) is 25.2. The van der Waals surface area contributed by atoms with E-state index in [1.54, 1.807) is 13.0 Å². The number of fused-ring (bicyclic) bond motifs is 2. The third-order valence-corrected chi connectivity index (χ3v) is 8.04. The fourth-order valence-corrected chi connectivity index (χ4v) is 6.48. The van der Waals surface area contributed by atoms with Crippen molar-refractivity contribution in [2.45, 2.75) is 64.5 Å². The molecule has 162 valence electrons. The minimum absolute atomic E-state index is 0.0604. The van der Waals surface area contributed by atoms with E-state index in [4.69, 9.17) is 9.15 Å². The number of benzene rings is 1. The number of carbonyl (C=O) groups excluding carboxylic acids is 1. The molecule has 2 aromatic rings. The average Bonchev–Trinajstić information content (AvgIpc) is 2.89. The van der Waals surface area contributed by atoms with E-state index in [1.165, 1.54) is 0 Å². The van der Waals surface area contributed by atoms with Crippen LogP contribution in [0.3, 0.4) is 0 Å². The van der Waals surface area contributed by atoms with Gasteiger partial charge in [-0.1, -0.05) is 0 Å². The van der Waals surface area contributed by atoms with Crippen molar-refractivity contribution in [3.05, 3.63) is 39.2 Å². The monoisotopic (exact) mass is 433 g/mol. The number of hydrogen-bond acceptors (Lipinski definition) is 6. The molecule has 4 rings (SSSR count). The van der Waals surface area contributed by atoms with Crippen molar-refractivity contribution in [3.63, 3.8) is 0 Å². The number of carbonyl (C=O) groups is 1. The molecule has 1 amide bonds. The van der Waals surface area contributed by atoms with E-state index >= 15 is 0 Å². The van der Waals surface area contributed by atoms with Gasteiger partial charge in [0.2, 0.25) is 5.91 Å². The summed E-state index contributed by atoms with van der Waals surface area (Å²) in [5.41, 5.74) is 0.857. The molecule has 1 atom stereocenters. The molecule has 0 radical (unpaired) electrons. The van der Waals surface area contributed by atoms with Crippen LogP contribution in [0.2, 0.25) is 0 Å². The summed E-state index contributed by atoms with van der Waals surface area (Å²) in [7, 11) is -3.14. The van der Waals surface area contributed by atoms with Crippen molar-refractivity contribution in [1.29, 1.82) is 0 Å². The standard InChI is InChI=1S/C22H27NO6S/c1-13-15-9-14-5-6-21(2,3)29-17(14)11-18(15)28-20(25)16(13)10-19(24)23-22(4)7-8-30(26,27)12-22/h9,11H,5-8,10,12H2,1-4H3,(H,23,24). The summed E-state index contributed by atoms with van der Waals surface area (Å²) < 4.78 is 35.1. The van der Waals surface area contributed by atoms with Crippen molar-refractivity contribution in [1.82, 2.24) is 5.32 Å². The molecular weight excluding hydrogens is 406 g/mol. The summed E-state index contributed by atoms with van der Waals surface area (Å²) in [5, 5.41) is 3.59. The van der Waals surface area contributed by atoms with Gasteiger partial charge in [-0.3, -0.25) is 4.79 Å². The molecule has 1 unspecified atom stereocenters. The van der Waals surface area contributed by atoms with Crippen LogP contribution in [0.5, 0.6) is 5.75 Å². The Morgan fingerprint density at radius 1 is 1.20 bits per heavy atom. The van der Waals surface area contributed by atoms with Gasteiger partial charge in [0.15, 0.2) is 9.84 Å². The van der Waals surface area contributed by atoms with Gasteiger partial charge in [0.25, 0.3) is 0 Å². The second-order valence-electron chi connectivity index (χ2n) is 9.44. The van der Waals surface area contributed by atoms with Crippen LogP contribution < -0.4 is 15.7 Å². The Bertz CT molecular complexity index is 1210. The lowest BCUT2D eigenvalue weighted by Crippen LogP contribution is -2.47. The van der Waals surface area contributed by atoms with Gasteiger partial charge in [0, 0.05) is 11.5 Å². The van der Waals surface area contributed by atoms with Crippen LogP contribution in [0.4, 0.5) is 0 Å². The Hall–Kier alpha value is -2.35. The number of ether oxygens (including phenoxy) is 1. The van der Waals surface area contributed by atoms with Gasteiger partial charge >= 0.3 is 5.63 Å². The van der Waals surface area contributed by atoms with Crippen LogP contribution >= 0.6 is 0 Å². The largest absolute Gasteiger partial charge is 0.487 e. The highest BCUT2D eigenvalue weighted by molar-refractivity contribution is 7.91. The Morgan fingerprint density at radius 2 is 1.93 bits per heavy atom. The van der Waals surface area contributed by atoms with Crippen LogP contribution in [0, 0.1) is 6.92 Å². The molecule has 0 bridgehead atoms. The second kappa shape index (κ2) is 6.83. The van der Waals surface area contributed by atoms with E-state index in [2.05, 4.69) is 5.32 Å². The Balaban J connectivity index is 1.64. The van der Waals surface area contributed by atoms with Crippen LogP contribution in [-0.2, 0) is 27.5 Å². The molecule has 1 N–H and O–H groups in total. The summed E-state index contributed by atoms with van der Waals surface area (Å²) in [6, 6.07) is 3.73. The van der Waals surface area contributed by atoms with Crippen molar-refractivity contribution in [3.8, 4) is 5.75 Å². The summed E-state index contributed by atoms with van der Waals surface area (Å²) in [5.74, 6) is 0.319. The van der Waals surface area contributed by atoms with Crippen molar-refractivity contribution < 1.29 is 22.4 Å². The van der Waals surface area contributed by atoms with E-state index < -0.39 is 21.0 Å². The number of nitrogens with one attached hydrogen (secondary N) is 1. The normalized spacial score (nSPS) is 24.3. The first-order valence-electron chi connectivity index (χ1n) is 10.2. The number of sulfone groups is 1. The van der Waals surface area contributed by atoms with Crippen molar-refractivity contribution >= 4 is 26.7 Å². The molecule has 2 aliphatic heterocycles. The predicted octanol–water partition coefficient (Wildman–Crippen LogP) is 2.44. The zero-order chi connectivity index (χ0) is 21.9. The summed E-state index contributed by atoms with van der Waals surface area (Å²) in [6.45, 7) is 7.58. The molecular formula is C22H27NO6S. The van der Waals surface area contributed by atoms with Crippen LogP contribution in [0.25, 0.3) is 11.0 Å². The minimum atomic E-state index is -3.14. The van der Waals surface area contributed by atoms with Crippen LogP contribution in [-0.4, -0.2) is 37.0 Å². The molecule has 1 aromatic heterocycles. The quantitative estimate of drug-likeness (QED) is 0.746. The molecule has 1 aromatic carbocycles. The highest BCUT2D eigenvalue weighted by atomic mass is 32.2. The van der Waals surface area contributed by atoms with Crippen molar-refractivity contribution in [2.24, 2.45) is 0 Å². The molecule has 0 spiro atoms. The van der Waals surface area contributed by atoms with E-state index in [0.29, 0.717) is 23.1 Å². The first kappa shape index (κ1) is 20.9. The Labute approximate surface area is 175 Å². The third-order valence-electron chi connectivity index (χ3n) is 6.13. The topological polar surface area (TPSA) is 103 Å². The maximum Gasteiger partial charge on any atom is 0.340 e. The molecule has 7 nitrogen and oxygen atoms in total. The first-order chi connectivity index (χ1) is 13.9. The molecule has 8 heteroatoms. The van der Waals surface area contributed by atoms with Gasteiger partial charge in [0.05, 0.1) is 29.0 Å². The van der Waals surface area contributed by atoms with Crippen LogP contribution in [0.15, 0.2) is 21.3 Å². The second-order valence-corrected chi connectivity index (χ2v) is 11.6. The Kier molecular flexibility index (Phi) is 4.76. The van der Waals surface area contributed by atoms with Gasteiger partial charge in [-0.2, -0.15) is 0 Å². The van der Waals surface area contributed by atoms with Gasteiger partial charge in [-0.15, -0.1) is 0 Å². The number of aryl methyl sites for hydroxylation is 2. The smallest absolute Gasteiger partial charge is 0.340 e. The lowest BCUT2D eigenvalue weighted by molar-refractivity contribution is -0.122. The lowest BCUT2D eigenvalue weighted by atomic mass is 9.92. The molecule has 30 heavy (non-hydrogen) atoms. The number of amides is 1. The van der Waals surface area contributed by atoms with E-state index in [9.17, 15) is 18.0 Å². The zero-order valence-electron chi connectivity index (χ0n) is 17.8. The molecule has 0 saturated carbocycles. The van der Waals surface area contributed by atoms with E-state index in [0.717, 1.165) is 29.5 Å². The minimum Gasteiger partial charge on any atom is -0.487 e. The maximum absolute atomic E-state index is 12.6. The molecule has 2 aliphatic rings. The lowest BCUT2D eigenvalue weighted by Gasteiger charge is -2.32. The maximum atomic E-state index is 12.6. The van der Waals surface area contributed by atoms with Gasteiger partial charge in [-0.25, -0.2) is 13.2 Å². The van der Waals surface area contributed by atoms with Crippen LogP contribution in [0.1, 0.15) is 50.3 Å². The first-order valence-corrected chi connectivity index (χ1v) is 12.0. The van der Waals surface area contributed by atoms with Gasteiger partial charge in [-0.05, 0) is 64.2 Å². The predicted molar refractivity (Wildman–Crippen MR) is 114 cm³/mol. The molecule has 3 heterocycles. The third kappa shape index (κ3) is 3.97. The highest BCUT2D eigenvalue weighted by Crippen LogP contribution is 2.36. The van der Waals surface area contributed by atoms with E-state index in [1.807, 2.05) is 26.8 Å². The van der Waals surface area contributed by atoms with E-state index in [-0.39, 0.29) is 29.4 Å². The Morgan fingerprint density at radius 3 is 2.60 bits per heavy atom. The number of hydrogen-bond donors (Lipinski definition) is 1.